The van der Waals surface area contributed by atoms with Gasteiger partial charge in [-0.05, 0) is 19.1 Å². The third kappa shape index (κ3) is 3.48. The molecule has 2 rings (SSSR count). The van der Waals surface area contributed by atoms with Crippen LogP contribution in [0.1, 0.15) is 6.92 Å². The van der Waals surface area contributed by atoms with Crippen LogP contribution in [0.4, 0.5) is 11.5 Å². The number of aromatic nitrogens is 3. The van der Waals surface area contributed by atoms with Crippen LogP contribution >= 0.6 is 0 Å². The van der Waals surface area contributed by atoms with Gasteiger partial charge in [-0.2, -0.15) is 5.10 Å². The molecule has 17 heavy (non-hydrogen) atoms. The molecule has 0 saturated heterocycles. The molecule has 0 unspecified atom stereocenters. The smallest absolute Gasteiger partial charge is 0.127 e. The summed E-state index contributed by atoms with van der Waals surface area (Å²) in [6, 6.07) is 5.90. The molecule has 0 aliphatic carbocycles. The second-order valence-corrected chi connectivity index (χ2v) is 3.66. The predicted octanol–water partition coefficient (Wildman–Crippen LogP) is 1.82. The number of hydrogen-bond donors (Lipinski definition) is 2. The normalized spacial score (nSPS) is 10.2. The van der Waals surface area contributed by atoms with E-state index in [2.05, 4.69) is 27.6 Å². The SMILES string of the molecule is CCNc1cc(NCCn2cccn2)ccn1. The fraction of sp³-hybridized carbons (Fsp3) is 0.333. The highest BCUT2D eigenvalue weighted by Crippen LogP contribution is 2.11. The van der Waals surface area contributed by atoms with Crippen molar-refractivity contribution >= 4 is 11.5 Å². The van der Waals surface area contributed by atoms with Crippen LogP contribution < -0.4 is 10.6 Å². The van der Waals surface area contributed by atoms with Crippen molar-refractivity contribution < 1.29 is 0 Å². The van der Waals surface area contributed by atoms with Gasteiger partial charge in [-0.15, -0.1) is 0 Å². The Labute approximate surface area is 101 Å². The van der Waals surface area contributed by atoms with Gasteiger partial charge in [-0.1, -0.05) is 0 Å². The number of nitrogens with zero attached hydrogens (tertiary/aromatic N) is 3. The quantitative estimate of drug-likeness (QED) is 0.796. The Hall–Kier alpha value is -2.04. The number of hydrogen-bond acceptors (Lipinski definition) is 4. The van der Waals surface area contributed by atoms with Crippen molar-refractivity contribution in [1.29, 1.82) is 0 Å². The maximum atomic E-state index is 4.22. The van der Waals surface area contributed by atoms with Crippen molar-refractivity contribution in [2.75, 3.05) is 23.7 Å². The van der Waals surface area contributed by atoms with Crippen molar-refractivity contribution in [2.45, 2.75) is 13.5 Å². The van der Waals surface area contributed by atoms with Gasteiger partial charge >= 0.3 is 0 Å². The molecule has 0 aliphatic heterocycles. The van der Waals surface area contributed by atoms with Gasteiger partial charge in [-0.3, -0.25) is 4.68 Å². The van der Waals surface area contributed by atoms with E-state index in [1.165, 1.54) is 0 Å². The summed E-state index contributed by atoms with van der Waals surface area (Å²) in [6.07, 6.45) is 5.54. The monoisotopic (exact) mass is 231 g/mol. The third-order valence-corrected chi connectivity index (χ3v) is 2.35. The lowest BCUT2D eigenvalue weighted by Crippen LogP contribution is -2.11. The summed E-state index contributed by atoms with van der Waals surface area (Å²) in [5.41, 5.74) is 1.07. The first kappa shape index (κ1) is 11.4. The number of pyridine rings is 1. The van der Waals surface area contributed by atoms with E-state index in [1.54, 1.807) is 12.4 Å². The summed E-state index contributed by atoms with van der Waals surface area (Å²) < 4.78 is 1.90. The first-order valence-electron chi connectivity index (χ1n) is 5.79. The Kier molecular flexibility index (Phi) is 3.96. The summed E-state index contributed by atoms with van der Waals surface area (Å²) in [4.78, 5) is 4.22. The average molecular weight is 231 g/mol. The predicted molar refractivity (Wildman–Crippen MR) is 69.1 cm³/mol. The van der Waals surface area contributed by atoms with Crippen molar-refractivity contribution in [3.8, 4) is 0 Å². The molecule has 2 heterocycles. The molecule has 2 N–H and O–H groups in total. The summed E-state index contributed by atoms with van der Waals surface area (Å²) in [5, 5.41) is 10.7. The largest absolute Gasteiger partial charge is 0.383 e. The molecule has 0 bridgehead atoms. The van der Waals surface area contributed by atoms with Gasteiger partial charge in [0.1, 0.15) is 5.82 Å². The molecule has 5 nitrogen and oxygen atoms in total. The molecule has 0 fully saturated rings. The van der Waals surface area contributed by atoms with E-state index in [9.17, 15) is 0 Å². The Morgan fingerprint density at radius 1 is 1.29 bits per heavy atom. The van der Waals surface area contributed by atoms with Crippen LogP contribution in [0.25, 0.3) is 0 Å². The molecule has 0 saturated carbocycles. The highest BCUT2D eigenvalue weighted by molar-refractivity contribution is 5.51. The van der Waals surface area contributed by atoms with Crippen molar-refractivity contribution in [1.82, 2.24) is 14.8 Å². The summed E-state index contributed by atoms with van der Waals surface area (Å²) in [7, 11) is 0. The number of anilines is 2. The Bertz CT molecular complexity index is 438. The van der Waals surface area contributed by atoms with E-state index < -0.39 is 0 Å². The van der Waals surface area contributed by atoms with Crippen molar-refractivity contribution in [2.24, 2.45) is 0 Å². The maximum Gasteiger partial charge on any atom is 0.127 e. The van der Waals surface area contributed by atoms with Crippen LogP contribution in [0.15, 0.2) is 36.8 Å². The Morgan fingerprint density at radius 2 is 2.24 bits per heavy atom. The average Bonchev–Trinajstić information content (AvgIpc) is 2.83. The lowest BCUT2D eigenvalue weighted by atomic mass is 10.3. The number of nitrogens with one attached hydrogen (secondary N) is 2. The molecular weight excluding hydrogens is 214 g/mol. The molecule has 0 spiro atoms. The van der Waals surface area contributed by atoms with E-state index in [0.717, 1.165) is 31.1 Å². The topological polar surface area (TPSA) is 54.8 Å². The van der Waals surface area contributed by atoms with Gasteiger partial charge in [0.25, 0.3) is 0 Å². The van der Waals surface area contributed by atoms with Gasteiger partial charge in [-0.25, -0.2) is 4.98 Å². The second kappa shape index (κ2) is 5.89. The van der Waals surface area contributed by atoms with Crippen molar-refractivity contribution in [3.63, 3.8) is 0 Å². The lowest BCUT2D eigenvalue weighted by Gasteiger charge is -2.08. The lowest BCUT2D eigenvalue weighted by molar-refractivity contribution is 0.638. The Balaban J connectivity index is 1.84. The number of rotatable bonds is 6. The van der Waals surface area contributed by atoms with Crippen LogP contribution in [-0.2, 0) is 6.54 Å². The molecule has 2 aromatic rings. The molecular formula is C12H17N5. The first-order chi connectivity index (χ1) is 8.38. The van der Waals surface area contributed by atoms with Gasteiger partial charge in [0, 0.05) is 43.4 Å². The first-order valence-corrected chi connectivity index (χ1v) is 5.79. The summed E-state index contributed by atoms with van der Waals surface area (Å²) in [6.45, 7) is 4.63. The molecule has 5 heteroatoms. The Morgan fingerprint density at radius 3 is 3.00 bits per heavy atom. The minimum atomic E-state index is 0.845. The van der Waals surface area contributed by atoms with Gasteiger partial charge in [0.15, 0.2) is 0 Å². The standard InChI is InChI=1S/C12H17N5/c1-2-13-12-10-11(4-6-15-12)14-7-9-17-8-3-5-16-17/h3-6,8,10H,2,7,9H2,1H3,(H2,13,14,15). The van der Waals surface area contributed by atoms with Gasteiger partial charge in [0.2, 0.25) is 0 Å². The van der Waals surface area contributed by atoms with Gasteiger partial charge in [0.05, 0.1) is 6.54 Å². The second-order valence-electron chi connectivity index (χ2n) is 3.66. The fourth-order valence-electron chi connectivity index (χ4n) is 1.57. The molecule has 2 aromatic heterocycles. The van der Waals surface area contributed by atoms with Crippen molar-refractivity contribution in [3.05, 3.63) is 36.8 Å². The van der Waals surface area contributed by atoms with Crippen LogP contribution in [-0.4, -0.2) is 27.9 Å². The van der Waals surface area contributed by atoms with Gasteiger partial charge < -0.3 is 10.6 Å². The highest BCUT2D eigenvalue weighted by atomic mass is 15.3. The minimum Gasteiger partial charge on any atom is -0.383 e. The van der Waals surface area contributed by atoms with Crippen LogP contribution in [0.5, 0.6) is 0 Å². The van der Waals surface area contributed by atoms with Crippen LogP contribution in [0.2, 0.25) is 0 Å². The molecule has 0 radical (unpaired) electrons. The third-order valence-electron chi connectivity index (χ3n) is 2.35. The zero-order valence-electron chi connectivity index (χ0n) is 9.93. The van der Waals surface area contributed by atoms with E-state index in [1.807, 2.05) is 29.1 Å². The zero-order valence-corrected chi connectivity index (χ0v) is 9.93. The molecule has 0 atom stereocenters. The van der Waals surface area contributed by atoms with E-state index in [4.69, 9.17) is 0 Å². The van der Waals surface area contributed by atoms with Crippen LogP contribution in [0.3, 0.4) is 0 Å². The minimum absolute atomic E-state index is 0.845. The molecule has 0 amide bonds. The van der Waals surface area contributed by atoms with E-state index in [0.29, 0.717) is 0 Å². The highest BCUT2D eigenvalue weighted by Gasteiger charge is 1.96. The summed E-state index contributed by atoms with van der Waals surface area (Å²) in [5.74, 6) is 0.900. The summed E-state index contributed by atoms with van der Waals surface area (Å²) >= 11 is 0. The maximum absolute atomic E-state index is 4.22. The molecule has 0 aliphatic rings. The molecule has 90 valence electrons. The van der Waals surface area contributed by atoms with Crippen LogP contribution in [0, 0.1) is 0 Å². The van der Waals surface area contributed by atoms with E-state index in [-0.39, 0.29) is 0 Å². The fourth-order valence-corrected chi connectivity index (χ4v) is 1.57. The molecule has 0 aromatic carbocycles. The zero-order chi connectivity index (χ0) is 11.9. The van der Waals surface area contributed by atoms with E-state index >= 15 is 0 Å².